The molecule has 3 N–H and O–H groups in total. The maximum absolute atomic E-state index is 13.5. The van der Waals surface area contributed by atoms with E-state index in [1.54, 1.807) is 12.1 Å². The van der Waals surface area contributed by atoms with Crippen molar-refractivity contribution in [2.45, 2.75) is 20.3 Å². The molecule has 1 rings (SSSR count). The first-order chi connectivity index (χ1) is 8.50. The zero-order valence-corrected chi connectivity index (χ0v) is 11.5. The van der Waals surface area contributed by atoms with Crippen molar-refractivity contribution in [1.29, 1.82) is 0 Å². The molecule has 0 aliphatic heterocycles. The highest BCUT2D eigenvalue weighted by Gasteiger charge is 2.06. The van der Waals surface area contributed by atoms with Crippen LogP contribution in [0.4, 0.5) is 4.39 Å². The summed E-state index contributed by atoms with van der Waals surface area (Å²) in [5, 5.41) is 3.38. The van der Waals surface area contributed by atoms with Gasteiger partial charge in [0.1, 0.15) is 5.82 Å². The Hall–Kier alpha value is -1.29. The van der Waals surface area contributed by atoms with E-state index in [1.165, 1.54) is 6.07 Å². The van der Waals surface area contributed by atoms with Crippen LogP contribution < -0.4 is 11.1 Å². The van der Waals surface area contributed by atoms with Gasteiger partial charge in [0.2, 0.25) is 0 Å². The summed E-state index contributed by atoms with van der Waals surface area (Å²) >= 11 is 5.92. The third-order valence-electron chi connectivity index (χ3n) is 2.37. The van der Waals surface area contributed by atoms with Crippen molar-refractivity contribution >= 4 is 17.6 Å². The van der Waals surface area contributed by atoms with Crippen molar-refractivity contribution in [3.05, 3.63) is 34.6 Å². The maximum Gasteiger partial charge on any atom is 0.188 e. The van der Waals surface area contributed by atoms with Gasteiger partial charge in [-0.15, -0.1) is 0 Å². The predicted octanol–water partition coefficient (Wildman–Crippen LogP) is 2.58. The van der Waals surface area contributed by atoms with Gasteiger partial charge < -0.3 is 11.1 Å². The van der Waals surface area contributed by atoms with Gasteiger partial charge >= 0.3 is 0 Å². The maximum atomic E-state index is 13.5. The molecule has 100 valence electrons. The third kappa shape index (κ3) is 4.92. The Labute approximate surface area is 112 Å². The van der Waals surface area contributed by atoms with E-state index in [0.717, 1.165) is 0 Å². The summed E-state index contributed by atoms with van der Waals surface area (Å²) in [5.41, 5.74) is 6.18. The highest BCUT2D eigenvalue weighted by molar-refractivity contribution is 6.31. The largest absolute Gasteiger partial charge is 0.370 e. The number of halogens is 2. The van der Waals surface area contributed by atoms with Crippen molar-refractivity contribution in [1.82, 2.24) is 5.32 Å². The lowest BCUT2D eigenvalue weighted by molar-refractivity contribution is 0.607. The lowest BCUT2D eigenvalue weighted by Crippen LogP contribution is -2.33. The van der Waals surface area contributed by atoms with Crippen molar-refractivity contribution in [3.8, 4) is 0 Å². The van der Waals surface area contributed by atoms with Gasteiger partial charge in [-0.05, 0) is 24.5 Å². The summed E-state index contributed by atoms with van der Waals surface area (Å²) in [5.74, 6) is 0.560. The number of nitrogens with two attached hydrogens (primary N) is 1. The van der Waals surface area contributed by atoms with E-state index in [1.807, 2.05) is 0 Å². The number of hydrogen-bond acceptors (Lipinski definition) is 1. The summed E-state index contributed by atoms with van der Waals surface area (Å²) in [6.07, 6.45) is 0.476. The molecule has 3 nitrogen and oxygen atoms in total. The fraction of sp³-hybridized carbons (Fsp3) is 0.462. The Morgan fingerprint density at radius 3 is 2.83 bits per heavy atom. The molecule has 0 heterocycles. The van der Waals surface area contributed by atoms with Gasteiger partial charge in [-0.1, -0.05) is 31.5 Å². The molecule has 0 unspecified atom stereocenters. The summed E-state index contributed by atoms with van der Waals surface area (Å²) in [6, 6.07) is 4.67. The monoisotopic (exact) mass is 271 g/mol. The Morgan fingerprint density at radius 1 is 1.50 bits per heavy atom. The van der Waals surface area contributed by atoms with Gasteiger partial charge in [0.15, 0.2) is 5.96 Å². The van der Waals surface area contributed by atoms with Crippen LogP contribution in [0.5, 0.6) is 0 Å². The predicted molar refractivity (Wildman–Crippen MR) is 74.4 cm³/mol. The molecule has 0 aromatic heterocycles. The van der Waals surface area contributed by atoms with Crippen molar-refractivity contribution in [3.63, 3.8) is 0 Å². The van der Waals surface area contributed by atoms with Gasteiger partial charge in [-0.2, -0.15) is 0 Å². The second-order valence-corrected chi connectivity index (χ2v) is 4.90. The number of nitrogens with one attached hydrogen (secondary N) is 1. The number of nitrogens with zero attached hydrogens (tertiary/aromatic N) is 1. The number of guanidine groups is 1. The zero-order valence-electron chi connectivity index (χ0n) is 10.7. The van der Waals surface area contributed by atoms with Crippen LogP contribution in [0.15, 0.2) is 23.2 Å². The van der Waals surface area contributed by atoms with Crippen LogP contribution in [-0.4, -0.2) is 19.0 Å². The molecule has 0 aliphatic carbocycles. The smallest absolute Gasteiger partial charge is 0.188 e. The number of aliphatic imine (C=N–C) groups is 1. The zero-order chi connectivity index (χ0) is 13.5. The topological polar surface area (TPSA) is 50.4 Å². The normalized spacial score (nSPS) is 11.9. The molecule has 0 atom stereocenters. The molecule has 0 radical (unpaired) electrons. The lowest BCUT2D eigenvalue weighted by atomic mass is 10.1. The Balaban J connectivity index is 2.44. The minimum atomic E-state index is -0.290. The van der Waals surface area contributed by atoms with Crippen LogP contribution >= 0.6 is 11.6 Å². The van der Waals surface area contributed by atoms with Crippen LogP contribution in [0.3, 0.4) is 0 Å². The molecule has 1 aromatic carbocycles. The number of hydrogen-bond donors (Lipinski definition) is 2. The van der Waals surface area contributed by atoms with E-state index in [-0.39, 0.29) is 5.82 Å². The lowest BCUT2D eigenvalue weighted by Gasteiger charge is -2.08. The van der Waals surface area contributed by atoms with Crippen LogP contribution in [0.25, 0.3) is 0 Å². The van der Waals surface area contributed by atoms with E-state index < -0.39 is 0 Å². The summed E-state index contributed by atoms with van der Waals surface area (Å²) in [6.45, 7) is 5.32. The van der Waals surface area contributed by atoms with Crippen molar-refractivity contribution in [2.24, 2.45) is 16.6 Å². The molecular weight excluding hydrogens is 253 g/mol. The van der Waals surface area contributed by atoms with Crippen molar-refractivity contribution in [2.75, 3.05) is 13.1 Å². The SMILES string of the molecule is CC(C)CN=C(N)NCCc1c(F)cccc1Cl. The molecule has 0 spiro atoms. The molecule has 5 heteroatoms. The van der Waals surface area contributed by atoms with Gasteiger partial charge in [0.25, 0.3) is 0 Å². The fourth-order valence-electron chi connectivity index (χ4n) is 1.42. The van der Waals surface area contributed by atoms with Crippen LogP contribution in [0.2, 0.25) is 5.02 Å². The summed E-state index contributed by atoms with van der Waals surface area (Å²) in [4.78, 5) is 4.16. The van der Waals surface area contributed by atoms with Gasteiger partial charge in [-0.3, -0.25) is 4.99 Å². The molecule has 0 saturated carbocycles. The average molecular weight is 272 g/mol. The van der Waals surface area contributed by atoms with Gasteiger partial charge in [0, 0.05) is 23.7 Å². The first kappa shape index (κ1) is 14.8. The van der Waals surface area contributed by atoms with Gasteiger partial charge in [-0.25, -0.2) is 4.39 Å². The van der Waals surface area contributed by atoms with Crippen LogP contribution in [-0.2, 0) is 6.42 Å². The second kappa shape index (κ2) is 7.21. The van der Waals surface area contributed by atoms with E-state index in [2.05, 4.69) is 24.2 Å². The van der Waals surface area contributed by atoms with E-state index in [9.17, 15) is 4.39 Å². The van der Waals surface area contributed by atoms with E-state index >= 15 is 0 Å². The Morgan fingerprint density at radius 2 is 2.22 bits per heavy atom. The standard InChI is InChI=1S/C13H19ClFN3/c1-9(2)8-18-13(16)17-7-6-10-11(14)4-3-5-12(10)15/h3-5,9H,6-8H2,1-2H3,(H3,16,17,18). The molecule has 0 amide bonds. The number of benzene rings is 1. The van der Waals surface area contributed by atoms with Crippen LogP contribution in [0, 0.1) is 11.7 Å². The minimum Gasteiger partial charge on any atom is -0.370 e. The highest BCUT2D eigenvalue weighted by Crippen LogP contribution is 2.18. The van der Waals surface area contributed by atoms with E-state index in [4.69, 9.17) is 17.3 Å². The average Bonchev–Trinajstić information content (AvgIpc) is 2.30. The third-order valence-corrected chi connectivity index (χ3v) is 2.72. The highest BCUT2D eigenvalue weighted by atomic mass is 35.5. The quantitative estimate of drug-likeness (QED) is 0.639. The minimum absolute atomic E-state index is 0.290. The molecule has 1 aromatic rings. The Bertz CT molecular complexity index is 398. The number of rotatable bonds is 5. The molecule has 18 heavy (non-hydrogen) atoms. The van der Waals surface area contributed by atoms with Gasteiger partial charge in [0.05, 0.1) is 0 Å². The summed E-state index contributed by atoms with van der Waals surface area (Å²) in [7, 11) is 0. The van der Waals surface area contributed by atoms with Crippen molar-refractivity contribution < 1.29 is 4.39 Å². The Kier molecular flexibility index (Phi) is 5.92. The summed E-state index contributed by atoms with van der Waals surface area (Å²) < 4.78 is 13.5. The first-order valence-electron chi connectivity index (χ1n) is 5.97. The fourth-order valence-corrected chi connectivity index (χ4v) is 1.68. The second-order valence-electron chi connectivity index (χ2n) is 4.50. The molecule has 0 aliphatic rings. The first-order valence-corrected chi connectivity index (χ1v) is 6.35. The van der Waals surface area contributed by atoms with Crippen LogP contribution in [0.1, 0.15) is 19.4 Å². The molecule has 0 fully saturated rings. The molecule has 0 bridgehead atoms. The molecule has 0 saturated heterocycles. The van der Waals surface area contributed by atoms with E-state index in [0.29, 0.717) is 42.0 Å². The molecular formula is C13H19ClFN3.